The van der Waals surface area contributed by atoms with Gasteiger partial charge in [0.25, 0.3) is 5.91 Å². The van der Waals surface area contributed by atoms with Crippen molar-refractivity contribution in [2.75, 3.05) is 19.6 Å². The quantitative estimate of drug-likeness (QED) is 0.304. The van der Waals surface area contributed by atoms with Crippen molar-refractivity contribution in [3.8, 4) is 11.3 Å². The van der Waals surface area contributed by atoms with Crippen LogP contribution in [0.4, 0.5) is 4.39 Å². The molecule has 38 heavy (non-hydrogen) atoms. The molecule has 5 rings (SSSR count). The van der Waals surface area contributed by atoms with Crippen LogP contribution in [0.3, 0.4) is 0 Å². The van der Waals surface area contributed by atoms with Crippen molar-refractivity contribution in [3.05, 3.63) is 82.4 Å². The zero-order valence-corrected chi connectivity index (χ0v) is 22.2. The molecule has 1 aliphatic heterocycles. The zero-order valence-electron chi connectivity index (χ0n) is 21.5. The molecule has 0 aliphatic carbocycles. The topological polar surface area (TPSA) is 71.3 Å². The lowest BCUT2D eigenvalue weighted by Crippen LogP contribution is -2.35. The van der Waals surface area contributed by atoms with Crippen molar-refractivity contribution in [2.24, 2.45) is 7.05 Å². The van der Waals surface area contributed by atoms with E-state index >= 15 is 0 Å². The van der Waals surface area contributed by atoms with Crippen molar-refractivity contribution >= 4 is 34.3 Å². The number of nitrogens with zero attached hydrogens (tertiary/aromatic N) is 5. The van der Waals surface area contributed by atoms with E-state index in [1.54, 1.807) is 34.8 Å². The van der Waals surface area contributed by atoms with Gasteiger partial charge in [0.05, 0.1) is 16.9 Å². The van der Waals surface area contributed by atoms with Gasteiger partial charge in [-0.15, -0.1) is 0 Å². The van der Waals surface area contributed by atoms with Crippen LogP contribution in [0.15, 0.2) is 54.6 Å². The Hall–Kier alpha value is -3.78. The number of hydrogen-bond donors (Lipinski definition) is 0. The summed E-state index contributed by atoms with van der Waals surface area (Å²) in [5.74, 6) is -0.355. The molecule has 9 heteroatoms. The van der Waals surface area contributed by atoms with Gasteiger partial charge in [-0.2, -0.15) is 5.10 Å². The van der Waals surface area contributed by atoms with Gasteiger partial charge >= 0.3 is 0 Å². The minimum Gasteiger partial charge on any atom is -0.343 e. The Labute approximate surface area is 225 Å². The second-order valence-corrected chi connectivity index (χ2v) is 10.1. The Morgan fingerprint density at radius 3 is 2.71 bits per heavy atom. The van der Waals surface area contributed by atoms with Crippen molar-refractivity contribution < 1.29 is 14.0 Å². The Kier molecular flexibility index (Phi) is 7.42. The van der Waals surface area contributed by atoms with Crippen molar-refractivity contribution in [1.29, 1.82) is 0 Å². The summed E-state index contributed by atoms with van der Waals surface area (Å²) in [5, 5.41) is 5.69. The predicted molar refractivity (Wildman–Crippen MR) is 145 cm³/mol. The first kappa shape index (κ1) is 25.9. The van der Waals surface area contributed by atoms with E-state index in [9.17, 15) is 14.0 Å². The van der Waals surface area contributed by atoms with E-state index in [1.807, 2.05) is 36.1 Å². The molecule has 196 valence electrons. The molecule has 7 nitrogen and oxygen atoms in total. The van der Waals surface area contributed by atoms with Gasteiger partial charge in [0.2, 0.25) is 5.91 Å². The standard InChI is InChI=1S/C29H29ClFN5O2/c1-19-14-26(34(2)33-19)29(38)36(13-5-12-35-11-4-8-27(35)37)18-22-15-20-9-10-24(31)17-25(20)32-28(22)21-6-3-7-23(30)16-21/h3,6-7,9-10,14-17H,4-5,8,11-13,18H2,1-2H3. The molecule has 2 aromatic carbocycles. The Morgan fingerprint density at radius 2 is 2.00 bits per heavy atom. The summed E-state index contributed by atoms with van der Waals surface area (Å²) in [6, 6.07) is 15.6. The number of rotatable bonds is 8. The van der Waals surface area contributed by atoms with Crippen LogP contribution in [0.25, 0.3) is 22.2 Å². The molecule has 0 bridgehead atoms. The van der Waals surface area contributed by atoms with E-state index in [0.717, 1.165) is 35.2 Å². The number of benzene rings is 2. The van der Waals surface area contributed by atoms with Gasteiger partial charge in [-0.1, -0.05) is 23.7 Å². The fourth-order valence-corrected chi connectivity index (χ4v) is 5.20. The summed E-state index contributed by atoms with van der Waals surface area (Å²) in [7, 11) is 1.75. The fourth-order valence-electron chi connectivity index (χ4n) is 5.01. The van der Waals surface area contributed by atoms with Crippen molar-refractivity contribution in [2.45, 2.75) is 32.7 Å². The zero-order chi connectivity index (χ0) is 26.8. The highest BCUT2D eigenvalue weighted by Gasteiger charge is 2.24. The average Bonchev–Trinajstić information content (AvgIpc) is 3.45. The highest BCUT2D eigenvalue weighted by atomic mass is 35.5. The molecule has 0 saturated carbocycles. The van der Waals surface area contributed by atoms with Gasteiger partial charge in [-0.05, 0) is 61.7 Å². The van der Waals surface area contributed by atoms with Crippen LogP contribution in [-0.4, -0.2) is 56.0 Å². The third kappa shape index (κ3) is 5.55. The largest absolute Gasteiger partial charge is 0.343 e. The van der Waals surface area contributed by atoms with E-state index in [1.165, 1.54) is 12.1 Å². The molecule has 0 spiro atoms. The first-order valence-corrected chi connectivity index (χ1v) is 13.1. The summed E-state index contributed by atoms with van der Waals surface area (Å²) in [4.78, 5) is 34.3. The van der Waals surface area contributed by atoms with Crippen LogP contribution in [-0.2, 0) is 18.4 Å². The minimum absolute atomic E-state index is 0.155. The highest BCUT2D eigenvalue weighted by molar-refractivity contribution is 6.30. The lowest BCUT2D eigenvalue weighted by atomic mass is 10.0. The van der Waals surface area contributed by atoms with Crippen LogP contribution >= 0.6 is 11.6 Å². The van der Waals surface area contributed by atoms with E-state index in [2.05, 4.69) is 5.10 Å². The third-order valence-electron chi connectivity index (χ3n) is 6.85. The Morgan fingerprint density at radius 1 is 1.16 bits per heavy atom. The Balaban J connectivity index is 1.52. The number of amides is 2. The van der Waals surface area contributed by atoms with Crippen LogP contribution in [0.2, 0.25) is 5.02 Å². The molecule has 1 aliphatic rings. The number of halogens is 2. The molecule has 0 atom stereocenters. The summed E-state index contributed by atoms with van der Waals surface area (Å²) >= 11 is 6.29. The van der Waals surface area contributed by atoms with Gasteiger partial charge in [-0.25, -0.2) is 9.37 Å². The lowest BCUT2D eigenvalue weighted by Gasteiger charge is -2.25. The second-order valence-electron chi connectivity index (χ2n) is 9.70. The summed E-state index contributed by atoms with van der Waals surface area (Å²) < 4.78 is 15.6. The van der Waals surface area contributed by atoms with E-state index in [0.29, 0.717) is 47.9 Å². The molecule has 3 heterocycles. The van der Waals surface area contributed by atoms with Crippen LogP contribution in [0.1, 0.15) is 41.0 Å². The first-order chi connectivity index (χ1) is 18.3. The first-order valence-electron chi connectivity index (χ1n) is 12.7. The summed E-state index contributed by atoms with van der Waals surface area (Å²) in [6.45, 7) is 3.94. The monoisotopic (exact) mass is 533 g/mol. The molecule has 1 fully saturated rings. The molecule has 1 saturated heterocycles. The van der Waals surface area contributed by atoms with Crippen LogP contribution < -0.4 is 0 Å². The number of pyridine rings is 1. The minimum atomic E-state index is -0.366. The fraction of sp³-hybridized carbons (Fsp3) is 0.310. The molecular weight excluding hydrogens is 505 g/mol. The smallest absolute Gasteiger partial charge is 0.272 e. The lowest BCUT2D eigenvalue weighted by molar-refractivity contribution is -0.127. The maximum Gasteiger partial charge on any atom is 0.272 e. The number of likely N-dealkylation sites (tertiary alicyclic amines) is 1. The van der Waals surface area contributed by atoms with Crippen LogP contribution in [0.5, 0.6) is 0 Å². The predicted octanol–water partition coefficient (Wildman–Crippen LogP) is 5.39. The van der Waals surface area contributed by atoms with E-state index in [-0.39, 0.29) is 24.2 Å². The van der Waals surface area contributed by atoms with Gasteiger partial charge in [0.1, 0.15) is 11.5 Å². The molecule has 0 radical (unpaired) electrons. The average molecular weight is 534 g/mol. The van der Waals surface area contributed by atoms with Gasteiger partial charge in [0.15, 0.2) is 0 Å². The highest BCUT2D eigenvalue weighted by Crippen LogP contribution is 2.29. The SMILES string of the molecule is Cc1cc(C(=O)N(CCCN2CCCC2=O)Cc2cc3ccc(F)cc3nc2-c2cccc(Cl)c2)n(C)n1. The number of aryl methyl sites for hydroxylation is 2. The number of carbonyl (C=O) groups excluding carboxylic acids is 2. The maximum absolute atomic E-state index is 14.0. The van der Waals surface area contributed by atoms with E-state index in [4.69, 9.17) is 16.6 Å². The van der Waals surface area contributed by atoms with Gasteiger partial charge < -0.3 is 9.80 Å². The van der Waals surface area contributed by atoms with Crippen molar-refractivity contribution in [3.63, 3.8) is 0 Å². The molecule has 0 unspecified atom stereocenters. The number of aromatic nitrogens is 3. The number of fused-ring (bicyclic) bond motifs is 1. The van der Waals surface area contributed by atoms with Gasteiger partial charge in [0, 0.05) is 61.7 Å². The van der Waals surface area contributed by atoms with Crippen molar-refractivity contribution in [1.82, 2.24) is 24.6 Å². The second kappa shape index (κ2) is 10.9. The molecular formula is C29H29ClFN5O2. The van der Waals surface area contributed by atoms with Crippen LogP contribution in [0, 0.1) is 12.7 Å². The summed E-state index contributed by atoms with van der Waals surface area (Å²) in [6.07, 6.45) is 2.11. The number of hydrogen-bond acceptors (Lipinski definition) is 4. The third-order valence-corrected chi connectivity index (χ3v) is 7.09. The Bertz CT molecular complexity index is 1520. The van der Waals surface area contributed by atoms with Gasteiger partial charge in [-0.3, -0.25) is 14.3 Å². The molecule has 2 aromatic heterocycles. The normalized spacial score (nSPS) is 13.5. The molecule has 2 amide bonds. The van der Waals surface area contributed by atoms with E-state index < -0.39 is 0 Å². The summed E-state index contributed by atoms with van der Waals surface area (Å²) in [5.41, 5.74) is 4.00. The number of carbonyl (C=O) groups is 2. The maximum atomic E-state index is 14.0. The molecule has 0 N–H and O–H groups in total. The molecule has 4 aromatic rings.